The van der Waals surface area contributed by atoms with Crippen LogP contribution in [0, 0.1) is 6.92 Å². The number of amides is 3. The Kier molecular flexibility index (Phi) is 7.51. The zero-order valence-corrected chi connectivity index (χ0v) is 19.1. The maximum Gasteiger partial charge on any atom is 0.260 e. The highest BCUT2D eigenvalue weighted by molar-refractivity contribution is 6.07. The van der Waals surface area contributed by atoms with Crippen LogP contribution in [0.1, 0.15) is 56.0 Å². The van der Waals surface area contributed by atoms with Crippen molar-refractivity contribution in [1.29, 1.82) is 0 Å². The van der Waals surface area contributed by atoms with Crippen LogP contribution in [0.2, 0.25) is 0 Å². The molecule has 2 aromatic rings. The zero-order chi connectivity index (χ0) is 23.3. The number of piperidine rings is 1. The van der Waals surface area contributed by atoms with Crippen molar-refractivity contribution in [3.8, 4) is 5.75 Å². The van der Waals surface area contributed by atoms with Crippen LogP contribution >= 0.6 is 0 Å². The predicted octanol–water partition coefficient (Wildman–Crippen LogP) is 4.37. The number of carbonyl (C=O) groups excluding carboxylic acids is 3. The van der Waals surface area contributed by atoms with Crippen molar-refractivity contribution < 1.29 is 19.1 Å². The van der Waals surface area contributed by atoms with E-state index in [2.05, 4.69) is 24.5 Å². The van der Waals surface area contributed by atoms with Crippen LogP contribution in [-0.2, 0) is 9.59 Å². The van der Waals surface area contributed by atoms with Gasteiger partial charge in [-0.1, -0.05) is 6.07 Å². The molecule has 1 heterocycles. The molecule has 0 radical (unpaired) electrons. The number of nitrogens with one attached hydrogen (secondary N) is 2. The van der Waals surface area contributed by atoms with Gasteiger partial charge in [0.05, 0.1) is 11.4 Å². The lowest BCUT2D eigenvalue weighted by atomic mass is 9.97. The van der Waals surface area contributed by atoms with Gasteiger partial charge in [0.1, 0.15) is 5.75 Å². The Hall–Kier alpha value is -3.35. The van der Waals surface area contributed by atoms with Gasteiger partial charge in [-0.3, -0.25) is 14.4 Å². The molecular weight excluding hydrogens is 406 g/mol. The van der Waals surface area contributed by atoms with Gasteiger partial charge in [-0.15, -0.1) is 0 Å². The first-order chi connectivity index (χ1) is 15.2. The van der Waals surface area contributed by atoms with Crippen molar-refractivity contribution in [1.82, 2.24) is 4.90 Å². The molecule has 0 saturated carbocycles. The fraction of sp³-hybridized carbons (Fsp3) is 0.400. The highest BCUT2D eigenvalue weighted by atomic mass is 16.5. The minimum atomic E-state index is -0.305. The monoisotopic (exact) mass is 437 g/mol. The number of carbonyl (C=O) groups is 3. The average Bonchev–Trinajstić information content (AvgIpc) is 2.74. The number of rotatable bonds is 6. The number of benzene rings is 2. The van der Waals surface area contributed by atoms with E-state index in [0.717, 1.165) is 24.8 Å². The number of hydrogen-bond donors (Lipinski definition) is 2. The maximum atomic E-state index is 12.7. The summed E-state index contributed by atoms with van der Waals surface area (Å²) in [4.78, 5) is 38.6. The van der Waals surface area contributed by atoms with Crippen molar-refractivity contribution in [2.45, 2.75) is 59.0 Å². The number of ether oxygens (including phenoxy) is 1. The molecule has 1 aliphatic rings. The molecule has 32 heavy (non-hydrogen) atoms. The van der Waals surface area contributed by atoms with Crippen LogP contribution < -0.4 is 15.4 Å². The van der Waals surface area contributed by atoms with Crippen LogP contribution in [0.4, 0.5) is 11.4 Å². The second-order valence-electron chi connectivity index (χ2n) is 8.43. The first-order valence-corrected chi connectivity index (χ1v) is 11.0. The average molecular weight is 438 g/mol. The summed E-state index contributed by atoms with van der Waals surface area (Å²) in [5.41, 5.74) is 2.47. The van der Waals surface area contributed by atoms with Crippen LogP contribution in [0.3, 0.4) is 0 Å². The van der Waals surface area contributed by atoms with Gasteiger partial charge in [0.15, 0.2) is 6.61 Å². The van der Waals surface area contributed by atoms with E-state index in [-0.39, 0.29) is 36.4 Å². The molecule has 0 spiro atoms. The predicted molar refractivity (Wildman–Crippen MR) is 125 cm³/mol. The van der Waals surface area contributed by atoms with E-state index >= 15 is 0 Å². The summed E-state index contributed by atoms with van der Waals surface area (Å²) in [5, 5.41) is 5.56. The third kappa shape index (κ3) is 5.87. The molecule has 2 N–H and O–H groups in total. The molecule has 0 bridgehead atoms. The van der Waals surface area contributed by atoms with Gasteiger partial charge in [-0.25, -0.2) is 0 Å². The van der Waals surface area contributed by atoms with Gasteiger partial charge in [0.25, 0.3) is 11.8 Å². The topological polar surface area (TPSA) is 87.7 Å². The Bertz CT molecular complexity index is 977. The third-order valence-electron chi connectivity index (χ3n) is 5.69. The summed E-state index contributed by atoms with van der Waals surface area (Å²) < 4.78 is 5.68. The first kappa shape index (κ1) is 23.3. The molecule has 2 atom stereocenters. The van der Waals surface area contributed by atoms with Crippen molar-refractivity contribution in [2.24, 2.45) is 0 Å². The quantitative estimate of drug-likeness (QED) is 0.702. The fourth-order valence-electron chi connectivity index (χ4n) is 4.09. The Morgan fingerprint density at radius 1 is 0.969 bits per heavy atom. The van der Waals surface area contributed by atoms with E-state index < -0.39 is 0 Å². The number of anilines is 2. The second kappa shape index (κ2) is 10.3. The van der Waals surface area contributed by atoms with Crippen LogP contribution in [0.15, 0.2) is 42.5 Å². The SMILES string of the molecule is CC(=O)Nc1ccc(C)cc1NC(=O)c1ccc(OCC(=O)N2C(C)CCCC2C)cc1. The van der Waals surface area contributed by atoms with Gasteiger partial charge in [-0.2, -0.15) is 0 Å². The number of aryl methyl sites for hydroxylation is 1. The Labute approximate surface area is 189 Å². The van der Waals surface area contributed by atoms with Crippen LogP contribution in [0.25, 0.3) is 0 Å². The number of nitrogens with zero attached hydrogens (tertiary/aromatic N) is 1. The van der Waals surface area contributed by atoms with Gasteiger partial charge < -0.3 is 20.3 Å². The van der Waals surface area contributed by atoms with Crippen LogP contribution in [0.5, 0.6) is 5.75 Å². The normalized spacial score (nSPS) is 18.1. The molecule has 3 amide bonds. The Morgan fingerprint density at radius 2 is 1.62 bits per heavy atom. The summed E-state index contributed by atoms with van der Waals surface area (Å²) in [5.74, 6) is -0.00675. The minimum absolute atomic E-state index is 0.0172. The lowest BCUT2D eigenvalue weighted by Crippen LogP contribution is -2.49. The van der Waals surface area contributed by atoms with Gasteiger partial charge in [0, 0.05) is 24.6 Å². The number of hydrogen-bond acceptors (Lipinski definition) is 4. The third-order valence-corrected chi connectivity index (χ3v) is 5.69. The largest absolute Gasteiger partial charge is 0.484 e. The molecule has 2 unspecified atom stereocenters. The van der Waals surface area contributed by atoms with Crippen molar-refractivity contribution >= 4 is 29.1 Å². The Morgan fingerprint density at radius 3 is 2.25 bits per heavy atom. The van der Waals surface area contributed by atoms with E-state index in [4.69, 9.17) is 4.74 Å². The summed E-state index contributed by atoms with van der Waals surface area (Å²) in [6.45, 7) is 7.45. The molecule has 1 saturated heterocycles. The highest BCUT2D eigenvalue weighted by Crippen LogP contribution is 2.25. The molecule has 170 valence electrons. The molecule has 1 aliphatic heterocycles. The molecule has 3 rings (SSSR count). The van der Waals surface area contributed by atoms with Crippen molar-refractivity contribution in [3.63, 3.8) is 0 Å². The van der Waals surface area contributed by atoms with E-state index in [1.54, 1.807) is 36.4 Å². The van der Waals surface area contributed by atoms with Gasteiger partial charge in [-0.05, 0) is 82.0 Å². The summed E-state index contributed by atoms with van der Waals surface area (Å²) in [7, 11) is 0. The Balaban J connectivity index is 1.61. The lowest BCUT2D eigenvalue weighted by molar-refractivity contribution is -0.139. The van der Waals surface area contributed by atoms with E-state index in [1.165, 1.54) is 6.92 Å². The molecule has 0 aromatic heterocycles. The molecule has 2 aromatic carbocycles. The maximum absolute atomic E-state index is 12.7. The highest BCUT2D eigenvalue weighted by Gasteiger charge is 2.29. The smallest absolute Gasteiger partial charge is 0.260 e. The molecule has 1 fully saturated rings. The minimum Gasteiger partial charge on any atom is -0.484 e. The van der Waals surface area contributed by atoms with Gasteiger partial charge >= 0.3 is 0 Å². The van der Waals surface area contributed by atoms with Crippen molar-refractivity contribution in [2.75, 3.05) is 17.2 Å². The molecule has 0 aliphatic carbocycles. The standard InChI is InChI=1S/C25H31N3O4/c1-16-8-13-22(26-19(4)29)23(14-16)27-25(31)20-9-11-21(12-10-20)32-15-24(30)28-17(2)6-5-7-18(28)3/h8-14,17-18H,5-7,15H2,1-4H3,(H,26,29)(H,27,31). The molecule has 7 heteroatoms. The second-order valence-corrected chi connectivity index (χ2v) is 8.43. The van der Waals surface area contributed by atoms with Crippen molar-refractivity contribution in [3.05, 3.63) is 53.6 Å². The summed E-state index contributed by atoms with van der Waals surface area (Å²) in [6, 6.07) is 12.5. The van der Waals surface area contributed by atoms with E-state index in [1.807, 2.05) is 17.9 Å². The lowest BCUT2D eigenvalue weighted by Gasteiger charge is -2.38. The summed E-state index contributed by atoms with van der Waals surface area (Å²) >= 11 is 0. The number of likely N-dealkylation sites (tertiary alicyclic amines) is 1. The zero-order valence-electron chi connectivity index (χ0n) is 19.1. The molecule has 7 nitrogen and oxygen atoms in total. The summed E-state index contributed by atoms with van der Waals surface area (Å²) in [6.07, 6.45) is 3.18. The first-order valence-electron chi connectivity index (χ1n) is 11.0. The van der Waals surface area contributed by atoms with Gasteiger partial charge in [0.2, 0.25) is 5.91 Å². The van der Waals surface area contributed by atoms with E-state index in [9.17, 15) is 14.4 Å². The van der Waals surface area contributed by atoms with E-state index in [0.29, 0.717) is 22.7 Å². The molecular formula is C25H31N3O4. The fourth-order valence-corrected chi connectivity index (χ4v) is 4.09. The van der Waals surface area contributed by atoms with Crippen LogP contribution in [-0.4, -0.2) is 41.3 Å².